The molecule has 2 aromatic carbocycles. The first kappa shape index (κ1) is 22.1. The lowest BCUT2D eigenvalue weighted by Gasteiger charge is -2.20. The number of carbonyl (C=O) groups is 1. The highest BCUT2D eigenvalue weighted by molar-refractivity contribution is 7.98. The predicted octanol–water partition coefficient (Wildman–Crippen LogP) is 5.66. The first-order chi connectivity index (χ1) is 14.5. The Morgan fingerprint density at radius 1 is 1.10 bits per heavy atom. The Hall–Kier alpha value is -2.64. The number of aromatic nitrogens is 2. The van der Waals surface area contributed by atoms with Gasteiger partial charge in [0, 0.05) is 30.5 Å². The molecule has 30 heavy (non-hydrogen) atoms. The minimum Gasteiger partial charge on any atom is -0.357 e. The van der Waals surface area contributed by atoms with Crippen LogP contribution in [0.1, 0.15) is 29.8 Å². The smallest absolute Gasteiger partial charge is 0.255 e. The summed E-state index contributed by atoms with van der Waals surface area (Å²) in [5.41, 5.74) is 1.53. The van der Waals surface area contributed by atoms with Crippen LogP contribution in [0.3, 0.4) is 0 Å². The second-order valence-electron chi connectivity index (χ2n) is 6.43. The van der Waals surface area contributed by atoms with Crippen LogP contribution < -0.4 is 10.2 Å². The number of thioether (sulfide) groups is 1. The highest BCUT2D eigenvalue weighted by atomic mass is 35.5. The van der Waals surface area contributed by atoms with E-state index in [-0.39, 0.29) is 11.6 Å². The van der Waals surface area contributed by atoms with Crippen molar-refractivity contribution in [3.05, 3.63) is 76.7 Å². The number of halogens is 2. The first-order valence-corrected chi connectivity index (χ1v) is 10.9. The van der Waals surface area contributed by atoms with Gasteiger partial charge >= 0.3 is 0 Å². The zero-order chi connectivity index (χ0) is 21.5. The van der Waals surface area contributed by atoms with Gasteiger partial charge in [-0.1, -0.05) is 47.6 Å². The maximum absolute atomic E-state index is 13.8. The fourth-order valence-corrected chi connectivity index (χ4v) is 3.89. The zero-order valence-corrected chi connectivity index (χ0v) is 18.3. The standard InChI is InChI=1S/C22H22ClFN4OS/c1-3-28(4-2)20-13-19(23)26-22(27-20)30-14-15-8-7-9-16(12-15)21(29)25-18-11-6-5-10-17(18)24/h5-13H,3-4,14H2,1-2H3,(H,25,29). The van der Waals surface area contributed by atoms with E-state index in [1.54, 1.807) is 36.4 Å². The van der Waals surface area contributed by atoms with Gasteiger partial charge < -0.3 is 10.2 Å². The minimum atomic E-state index is -0.473. The first-order valence-electron chi connectivity index (χ1n) is 9.57. The van der Waals surface area contributed by atoms with Crippen molar-refractivity contribution in [2.45, 2.75) is 24.8 Å². The van der Waals surface area contributed by atoms with Gasteiger partial charge in [0.15, 0.2) is 5.16 Å². The summed E-state index contributed by atoms with van der Waals surface area (Å²) in [7, 11) is 0. The number of hydrogen-bond acceptors (Lipinski definition) is 5. The van der Waals surface area contributed by atoms with Crippen molar-refractivity contribution in [1.29, 1.82) is 0 Å². The lowest BCUT2D eigenvalue weighted by atomic mass is 10.1. The molecule has 0 fully saturated rings. The van der Waals surface area contributed by atoms with Crippen molar-refractivity contribution in [2.24, 2.45) is 0 Å². The molecule has 0 aliphatic carbocycles. The number of para-hydroxylation sites is 1. The maximum atomic E-state index is 13.8. The average Bonchev–Trinajstić information content (AvgIpc) is 2.75. The van der Waals surface area contributed by atoms with Gasteiger partial charge in [-0.05, 0) is 43.7 Å². The summed E-state index contributed by atoms with van der Waals surface area (Å²) in [6, 6.07) is 15.0. The summed E-state index contributed by atoms with van der Waals surface area (Å²) in [4.78, 5) is 23.5. The normalized spacial score (nSPS) is 10.7. The number of amides is 1. The summed E-state index contributed by atoms with van der Waals surface area (Å²) < 4.78 is 13.8. The molecule has 0 saturated carbocycles. The molecule has 0 spiro atoms. The van der Waals surface area contributed by atoms with E-state index in [0.29, 0.717) is 21.6 Å². The van der Waals surface area contributed by atoms with Crippen molar-refractivity contribution >= 4 is 40.8 Å². The molecule has 0 aliphatic heterocycles. The number of carbonyl (C=O) groups excluding carboxylic acids is 1. The van der Waals surface area contributed by atoms with Crippen LogP contribution in [0.4, 0.5) is 15.9 Å². The van der Waals surface area contributed by atoms with Gasteiger partial charge in [-0.25, -0.2) is 14.4 Å². The SMILES string of the molecule is CCN(CC)c1cc(Cl)nc(SCc2cccc(C(=O)Nc3ccccc3F)c2)n1. The van der Waals surface area contributed by atoms with Crippen LogP contribution >= 0.6 is 23.4 Å². The number of rotatable bonds is 8. The largest absolute Gasteiger partial charge is 0.357 e. The number of nitrogens with zero attached hydrogens (tertiary/aromatic N) is 3. The molecule has 1 N–H and O–H groups in total. The summed E-state index contributed by atoms with van der Waals surface area (Å²) in [5.74, 6) is 0.522. The van der Waals surface area contributed by atoms with Gasteiger partial charge in [0.25, 0.3) is 5.91 Å². The molecule has 0 aliphatic rings. The molecule has 0 atom stereocenters. The average molecular weight is 445 g/mol. The van der Waals surface area contributed by atoms with E-state index >= 15 is 0 Å². The Labute approximate surface area is 184 Å². The molecule has 3 aromatic rings. The Morgan fingerprint density at radius 2 is 1.87 bits per heavy atom. The fraction of sp³-hybridized carbons (Fsp3) is 0.227. The molecular formula is C22H22ClFN4OS. The van der Waals surface area contributed by atoms with Crippen LogP contribution in [0.2, 0.25) is 5.15 Å². The summed E-state index contributed by atoms with van der Waals surface area (Å²) in [6.45, 7) is 5.77. The molecule has 3 rings (SSSR count). The van der Waals surface area contributed by atoms with Crippen molar-refractivity contribution in [3.63, 3.8) is 0 Å². The lowest BCUT2D eigenvalue weighted by molar-refractivity contribution is 0.102. The molecule has 1 heterocycles. The Kier molecular flexibility index (Phi) is 7.65. The fourth-order valence-electron chi connectivity index (χ4n) is 2.87. The van der Waals surface area contributed by atoms with E-state index in [1.807, 2.05) is 6.07 Å². The van der Waals surface area contributed by atoms with E-state index in [1.165, 1.54) is 23.9 Å². The van der Waals surface area contributed by atoms with Gasteiger partial charge in [0.1, 0.15) is 16.8 Å². The quantitative estimate of drug-likeness (QED) is 0.276. The topological polar surface area (TPSA) is 58.1 Å². The summed E-state index contributed by atoms with van der Waals surface area (Å²) in [5, 5.41) is 3.57. The second-order valence-corrected chi connectivity index (χ2v) is 7.76. The highest BCUT2D eigenvalue weighted by Gasteiger charge is 2.12. The molecule has 1 aromatic heterocycles. The van der Waals surface area contributed by atoms with E-state index in [9.17, 15) is 9.18 Å². The third-order valence-corrected chi connectivity index (χ3v) is 5.54. The van der Waals surface area contributed by atoms with Gasteiger partial charge in [-0.2, -0.15) is 0 Å². The van der Waals surface area contributed by atoms with Crippen LogP contribution in [0, 0.1) is 5.82 Å². The number of nitrogens with one attached hydrogen (secondary N) is 1. The number of anilines is 2. The van der Waals surface area contributed by atoms with E-state index in [4.69, 9.17) is 11.6 Å². The summed E-state index contributed by atoms with van der Waals surface area (Å²) in [6.07, 6.45) is 0. The lowest BCUT2D eigenvalue weighted by Crippen LogP contribution is -2.23. The molecule has 5 nitrogen and oxygen atoms in total. The molecule has 0 radical (unpaired) electrons. The highest BCUT2D eigenvalue weighted by Crippen LogP contribution is 2.25. The van der Waals surface area contributed by atoms with Gasteiger partial charge in [0.05, 0.1) is 5.69 Å². The minimum absolute atomic E-state index is 0.151. The predicted molar refractivity (Wildman–Crippen MR) is 121 cm³/mol. The third kappa shape index (κ3) is 5.70. The van der Waals surface area contributed by atoms with Crippen molar-refractivity contribution < 1.29 is 9.18 Å². The second kappa shape index (κ2) is 10.4. The van der Waals surface area contributed by atoms with Crippen molar-refractivity contribution in [2.75, 3.05) is 23.3 Å². The monoisotopic (exact) mass is 444 g/mol. The van der Waals surface area contributed by atoms with Crippen LogP contribution in [0.15, 0.2) is 59.8 Å². The van der Waals surface area contributed by atoms with E-state index in [0.717, 1.165) is 24.5 Å². The molecule has 0 unspecified atom stereocenters. The van der Waals surface area contributed by atoms with Crippen LogP contribution in [0.5, 0.6) is 0 Å². The molecule has 0 bridgehead atoms. The van der Waals surface area contributed by atoms with E-state index in [2.05, 4.69) is 34.0 Å². The summed E-state index contributed by atoms with van der Waals surface area (Å²) >= 11 is 7.61. The van der Waals surface area contributed by atoms with Crippen LogP contribution in [-0.2, 0) is 5.75 Å². The van der Waals surface area contributed by atoms with E-state index < -0.39 is 5.82 Å². The number of benzene rings is 2. The van der Waals surface area contributed by atoms with Gasteiger partial charge in [-0.3, -0.25) is 4.79 Å². The van der Waals surface area contributed by atoms with Crippen molar-refractivity contribution in [1.82, 2.24) is 9.97 Å². The zero-order valence-electron chi connectivity index (χ0n) is 16.7. The van der Waals surface area contributed by atoms with Gasteiger partial charge in [-0.15, -0.1) is 0 Å². The number of hydrogen-bond donors (Lipinski definition) is 1. The Morgan fingerprint density at radius 3 is 2.60 bits per heavy atom. The van der Waals surface area contributed by atoms with Crippen molar-refractivity contribution in [3.8, 4) is 0 Å². The molecule has 1 amide bonds. The molecule has 156 valence electrons. The third-order valence-electron chi connectivity index (χ3n) is 4.43. The maximum Gasteiger partial charge on any atom is 0.255 e. The molecular weight excluding hydrogens is 423 g/mol. The van der Waals surface area contributed by atoms with Crippen LogP contribution in [0.25, 0.3) is 0 Å². The van der Waals surface area contributed by atoms with Crippen LogP contribution in [-0.4, -0.2) is 29.0 Å². The Balaban J connectivity index is 1.70. The molecule has 0 saturated heterocycles. The molecule has 8 heteroatoms. The Bertz CT molecular complexity index is 1030. The van der Waals surface area contributed by atoms with Gasteiger partial charge in [0.2, 0.25) is 0 Å².